The molecule has 5 heterocycles. The first-order chi connectivity index (χ1) is 14.1. The van der Waals surface area contributed by atoms with Crippen LogP contribution in [0.5, 0.6) is 0 Å². The second-order valence-electron chi connectivity index (χ2n) is 8.26. The largest absolute Gasteiger partial charge is 0.460 e. The zero-order valence-corrected chi connectivity index (χ0v) is 16.9. The number of hydrogen-bond acceptors (Lipinski definition) is 4. The van der Waals surface area contributed by atoms with E-state index in [0.29, 0.717) is 11.9 Å². The van der Waals surface area contributed by atoms with E-state index in [1.165, 1.54) is 0 Å². The summed E-state index contributed by atoms with van der Waals surface area (Å²) in [6, 6.07) is 14.4. The molecule has 2 atom stereocenters. The van der Waals surface area contributed by atoms with Crippen LogP contribution in [0.15, 0.2) is 53.1 Å². The summed E-state index contributed by atoms with van der Waals surface area (Å²) < 4.78 is 7.83. The predicted molar refractivity (Wildman–Crippen MR) is 111 cm³/mol. The third-order valence-corrected chi connectivity index (χ3v) is 6.22. The fraction of sp³-hybridized carbons (Fsp3) is 0.391. The summed E-state index contributed by atoms with van der Waals surface area (Å²) >= 11 is 0. The van der Waals surface area contributed by atoms with Crippen LogP contribution in [-0.4, -0.2) is 51.7 Å². The van der Waals surface area contributed by atoms with E-state index in [1.54, 1.807) is 0 Å². The smallest absolute Gasteiger partial charge is 0.227 e. The van der Waals surface area contributed by atoms with Gasteiger partial charge in [-0.05, 0) is 44.0 Å². The van der Waals surface area contributed by atoms with E-state index in [1.807, 2.05) is 66.0 Å². The molecule has 2 bridgehead atoms. The van der Waals surface area contributed by atoms with Crippen molar-refractivity contribution in [1.29, 1.82) is 0 Å². The van der Waals surface area contributed by atoms with Crippen molar-refractivity contribution < 1.29 is 9.21 Å². The molecule has 6 rings (SSSR count). The van der Waals surface area contributed by atoms with Crippen LogP contribution in [0.25, 0.3) is 17.1 Å². The Kier molecular flexibility index (Phi) is 4.51. The normalized spacial score (nSPS) is 22.3. The number of rotatable bonds is 4. The fourth-order valence-electron chi connectivity index (χ4n) is 4.62. The third-order valence-electron chi connectivity index (χ3n) is 6.22. The van der Waals surface area contributed by atoms with Gasteiger partial charge in [0, 0.05) is 44.5 Å². The summed E-state index contributed by atoms with van der Waals surface area (Å²) in [5.74, 6) is 2.07. The van der Waals surface area contributed by atoms with Gasteiger partial charge < -0.3 is 9.32 Å². The maximum atomic E-state index is 12.6. The number of carbonyl (C=O) groups excluding carboxylic acids is 1. The lowest BCUT2D eigenvalue weighted by Gasteiger charge is -2.32. The number of carbonyl (C=O) groups is 1. The van der Waals surface area contributed by atoms with Crippen LogP contribution in [0.3, 0.4) is 0 Å². The molecule has 0 N–H and O–H groups in total. The molecule has 6 heteroatoms. The van der Waals surface area contributed by atoms with Gasteiger partial charge in [-0.3, -0.25) is 9.69 Å². The summed E-state index contributed by atoms with van der Waals surface area (Å²) in [6.45, 7) is 4.43. The van der Waals surface area contributed by atoms with Gasteiger partial charge >= 0.3 is 0 Å². The van der Waals surface area contributed by atoms with E-state index in [-0.39, 0.29) is 5.92 Å². The van der Waals surface area contributed by atoms with E-state index < -0.39 is 0 Å². The second-order valence-corrected chi connectivity index (χ2v) is 8.26. The van der Waals surface area contributed by atoms with Crippen LogP contribution < -0.4 is 0 Å². The number of likely N-dealkylation sites (N-methyl/N-ethyl adjacent to an activating group) is 1. The highest BCUT2D eigenvalue weighted by Crippen LogP contribution is 2.31. The Morgan fingerprint density at radius 2 is 1.93 bits per heavy atom. The molecule has 29 heavy (non-hydrogen) atoms. The molecule has 2 aromatic heterocycles. The minimum Gasteiger partial charge on any atom is -0.460 e. The van der Waals surface area contributed by atoms with E-state index >= 15 is 0 Å². The monoisotopic (exact) mass is 390 g/mol. The number of amides is 1. The zero-order chi connectivity index (χ0) is 20.0. The Bertz CT molecular complexity index is 1020. The highest BCUT2D eigenvalue weighted by atomic mass is 16.3. The van der Waals surface area contributed by atoms with Crippen LogP contribution in [0.1, 0.15) is 24.2 Å². The Labute approximate surface area is 170 Å². The van der Waals surface area contributed by atoms with Crippen molar-refractivity contribution >= 4 is 5.91 Å². The van der Waals surface area contributed by atoms with Crippen molar-refractivity contribution in [2.75, 3.05) is 20.1 Å². The highest BCUT2D eigenvalue weighted by molar-refractivity contribution is 5.80. The molecule has 0 aliphatic carbocycles. The molecule has 150 valence electrons. The molecule has 1 amide bonds. The second kappa shape index (κ2) is 7.19. The molecular weight excluding hydrogens is 364 g/mol. The standard InChI is InChI=1S/C23H26N4O2/c1-16-8-11-21(29-16)22-18(14-27(24-22)19-6-4-3-5-7-19)13-26-12-17-9-10-20(15-26)25(2)23(17)28/h3-8,11,14,17,20H,9-10,12-13,15H2,1-2H3/t17-,20+/m0/s1. The van der Waals surface area contributed by atoms with Crippen molar-refractivity contribution in [1.82, 2.24) is 19.6 Å². The SMILES string of the molecule is Cc1ccc(-c2nn(-c3ccccc3)cc2CN2C[C@@H]3CC[C@H](C2)N(C)C3=O)o1. The van der Waals surface area contributed by atoms with E-state index in [0.717, 1.165) is 60.9 Å². The van der Waals surface area contributed by atoms with Crippen molar-refractivity contribution in [3.05, 3.63) is 60.0 Å². The van der Waals surface area contributed by atoms with Crippen LogP contribution >= 0.6 is 0 Å². The average molecular weight is 390 g/mol. The van der Waals surface area contributed by atoms with E-state index in [2.05, 4.69) is 11.1 Å². The topological polar surface area (TPSA) is 54.5 Å². The first kappa shape index (κ1) is 18.2. The number of para-hydroxylation sites is 1. The molecule has 6 nitrogen and oxygen atoms in total. The van der Waals surface area contributed by atoms with Crippen LogP contribution in [0.4, 0.5) is 0 Å². The van der Waals surface area contributed by atoms with Gasteiger partial charge in [0.15, 0.2) is 5.76 Å². The fourth-order valence-corrected chi connectivity index (χ4v) is 4.62. The summed E-state index contributed by atoms with van der Waals surface area (Å²) in [5.41, 5.74) is 3.02. The summed E-state index contributed by atoms with van der Waals surface area (Å²) in [7, 11) is 1.95. The van der Waals surface area contributed by atoms with Gasteiger partial charge in [0.2, 0.25) is 5.91 Å². The first-order valence-corrected chi connectivity index (χ1v) is 10.3. The van der Waals surface area contributed by atoms with Crippen molar-refractivity contribution in [3.8, 4) is 17.1 Å². The van der Waals surface area contributed by atoms with E-state index in [9.17, 15) is 4.79 Å². The van der Waals surface area contributed by atoms with Crippen molar-refractivity contribution in [2.24, 2.45) is 5.92 Å². The summed E-state index contributed by atoms with van der Waals surface area (Å²) in [6.07, 6.45) is 4.19. The lowest BCUT2D eigenvalue weighted by atomic mass is 9.95. The zero-order valence-electron chi connectivity index (χ0n) is 16.9. The number of furan rings is 1. The molecular formula is C23H26N4O2. The number of nitrogens with zero attached hydrogens (tertiary/aromatic N) is 4. The Hall–Kier alpha value is -2.86. The third kappa shape index (κ3) is 3.38. The molecule has 3 saturated heterocycles. The van der Waals surface area contributed by atoms with Gasteiger partial charge in [-0.15, -0.1) is 0 Å². The average Bonchev–Trinajstić information content (AvgIpc) is 3.25. The number of piperidine rings is 1. The van der Waals surface area contributed by atoms with Crippen LogP contribution in [-0.2, 0) is 11.3 Å². The summed E-state index contributed by atoms with van der Waals surface area (Å²) in [4.78, 5) is 16.9. The van der Waals surface area contributed by atoms with Gasteiger partial charge in [0.1, 0.15) is 11.5 Å². The Balaban J connectivity index is 1.49. The quantitative estimate of drug-likeness (QED) is 0.684. The van der Waals surface area contributed by atoms with Gasteiger partial charge in [-0.2, -0.15) is 5.10 Å². The number of aromatic nitrogens is 2. The van der Waals surface area contributed by atoms with Gasteiger partial charge in [-0.25, -0.2) is 4.68 Å². The number of aryl methyl sites for hydroxylation is 1. The molecule has 0 radical (unpaired) electrons. The van der Waals surface area contributed by atoms with Gasteiger partial charge in [-0.1, -0.05) is 18.2 Å². The van der Waals surface area contributed by atoms with Gasteiger partial charge in [0.25, 0.3) is 0 Å². The number of benzene rings is 1. The first-order valence-electron chi connectivity index (χ1n) is 10.3. The van der Waals surface area contributed by atoms with Crippen LogP contribution in [0.2, 0.25) is 0 Å². The minimum atomic E-state index is 0.109. The maximum absolute atomic E-state index is 12.6. The number of hydrogen-bond donors (Lipinski definition) is 0. The lowest BCUT2D eigenvalue weighted by Crippen LogP contribution is -2.45. The molecule has 0 saturated carbocycles. The molecule has 3 aliphatic heterocycles. The van der Waals surface area contributed by atoms with E-state index in [4.69, 9.17) is 9.52 Å². The van der Waals surface area contributed by atoms with Gasteiger partial charge in [0.05, 0.1) is 11.6 Å². The van der Waals surface area contributed by atoms with Crippen molar-refractivity contribution in [3.63, 3.8) is 0 Å². The summed E-state index contributed by atoms with van der Waals surface area (Å²) in [5, 5.41) is 4.86. The molecule has 3 aromatic rings. The predicted octanol–water partition coefficient (Wildman–Crippen LogP) is 3.49. The highest BCUT2D eigenvalue weighted by Gasteiger charge is 2.38. The maximum Gasteiger partial charge on any atom is 0.227 e. The van der Waals surface area contributed by atoms with Crippen molar-refractivity contribution in [2.45, 2.75) is 32.4 Å². The Morgan fingerprint density at radius 3 is 2.69 bits per heavy atom. The molecule has 1 aromatic carbocycles. The minimum absolute atomic E-state index is 0.109. The van der Waals surface area contributed by atoms with Crippen LogP contribution in [0, 0.1) is 12.8 Å². The Morgan fingerprint density at radius 1 is 1.10 bits per heavy atom. The number of fused-ring (bicyclic) bond motifs is 4. The molecule has 0 spiro atoms. The molecule has 3 fully saturated rings. The molecule has 3 aliphatic rings. The molecule has 0 unspecified atom stereocenters. The lowest BCUT2D eigenvalue weighted by molar-refractivity contribution is -0.138.